The van der Waals surface area contributed by atoms with Crippen molar-refractivity contribution in [2.45, 2.75) is 29.1 Å². The average Bonchev–Trinajstić information content (AvgIpc) is 2.69. The lowest BCUT2D eigenvalue weighted by atomic mass is 10.1. The third kappa shape index (κ3) is 4.67. The van der Waals surface area contributed by atoms with Crippen LogP contribution in [-0.2, 0) is 9.84 Å². The normalized spacial score (nSPS) is 15.4. The molecule has 0 unspecified atom stereocenters. The van der Waals surface area contributed by atoms with Gasteiger partial charge in [0.15, 0.2) is 0 Å². The number of primary amides is 1. The Labute approximate surface area is 159 Å². The minimum Gasteiger partial charge on any atom is -0.492 e. The van der Waals surface area contributed by atoms with E-state index in [1.54, 1.807) is 24.3 Å². The molecule has 0 spiro atoms. The molecule has 0 atom stereocenters. The van der Waals surface area contributed by atoms with Crippen LogP contribution in [0.4, 0.5) is 0 Å². The van der Waals surface area contributed by atoms with Crippen molar-refractivity contribution in [3.8, 4) is 5.75 Å². The van der Waals surface area contributed by atoms with Crippen molar-refractivity contribution in [2.75, 3.05) is 26.2 Å². The molecule has 27 heavy (non-hydrogen) atoms. The van der Waals surface area contributed by atoms with Gasteiger partial charge in [-0.2, -0.15) is 0 Å². The molecule has 3 rings (SSSR count). The topological polar surface area (TPSA) is 89.7 Å². The monoisotopic (exact) mass is 388 g/mol. The average molecular weight is 388 g/mol. The third-order valence-corrected chi connectivity index (χ3v) is 6.53. The Hall–Kier alpha value is -2.38. The number of nitrogens with zero attached hydrogens (tertiary/aromatic N) is 1. The summed E-state index contributed by atoms with van der Waals surface area (Å²) in [7, 11) is -3.83. The van der Waals surface area contributed by atoms with E-state index < -0.39 is 15.7 Å². The van der Waals surface area contributed by atoms with E-state index in [0.29, 0.717) is 12.4 Å². The summed E-state index contributed by atoms with van der Waals surface area (Å²) >= 11 is 0. The Balaban J connectivity index is 1.68. The molecule has 1 aliphatic heterocycles. The number of hydrogen-bond donors (Lipinski definition) is 1. The van der Waals surface area contributed by atoms with Crippen molar-refractivity contribution in [3.63, 3.8) is 0 Å². The molecule has 7 heteroatoms. The summed E-state index contributed by atoms with van der Waals surface area (Å²) in [6.45, 7) is 3.66. The van der Waals surface area contributed by atoms with Crippen LogP contribution in [0.5, 0.6) is 5.75 Å². The highest BCUT2D eigenvalue weighted by molar-refractivity contribution is 7.91. The van der Waals surface area contributed by atoms with E-state index in [1.807, 2.05) is 0 Å². The molecule has 6 nitrogen and oxygen atoms in total. The first-order valence-corrected chi connectivity index (χ1v) is 10.6. The minimum absolute atomic E-state index is 0.0145. The molecule has 144 valence electrons. The quantitative estimate of drug-likeness (QED) is 0.787. The number of hydrogen-bond acceptors (Lipinski definition) is 5. The van der Waals surface area contributed by atoms with Crippen molar-refractivity contribution in [2.24, 2.45) is 5.73 Å². The zero-order chi connectivity index (χ0) is 19.3. The van der Waals surface area contributed by atoms with Gasteiger partial charge in [-0.05, 0) is 62.3 Å². The highest BCUT2D eigenvalue weighted by Gasteiger charge is 2.23. The molecule has 0 bridgehead atoms. The van der Waals surface area contributed by atoms with Gasteiger partial charge in [-0.1, -0.05) is 18.6 Å². The number of ether oxygens (including phenoxy) is 1. The van der Waals surface area contributed by atoms with E-state index in [9.17, 15) is 13.2 Å². The summed E-state index contributed by atoms with van der Waals surface area (Å²) in [5.74, 6) is -0.152. The maximum Gasteiger partial charge on any atom is 0.250 e. The number of carbonyl (C=O) groups is 1. The van der Waals surface area contributed by atoms with Gasteiger partial charge in [0.05, 0.1) is 15.4 Å². The Morgan fingerprint density at radius 3 is 2.33 bits per heavy atom. The van der Waals surface area contributed by atoms with Gasteiger partial charge in [0.25, 0.3) is 0 Å². The first kappa shape index (κ1) is 19.4. The second-order valence-electron chi connectivity index (χ2n) is 6.59. The van der Waals surface area contributed by atoms with Crippen molar-refractivity contribution < 1.29 is 17.9 Å². The molecule has 0 aliphatic carbocycles. The first-order valence-electron chi connectivity index (χ1n) is 9.07. The van der Waals surface area contributed by atoms with Gasteiger partial charge in [0, 0.05) is 6.54 Å². The largest absolute Gasteiger partial charge is 0.492 e. The Bertz CT molecular complexity index is 888. The van der Waals surface area contributed by atoms with Gasteiger partial charge in [-0.3, -0.25) is 9.69 Å². The maximum absolute atomic E-state index is 12.8. The predicted molar refractivity (Wildman–Crippen MR) is 103 cm³/mol. The molecule has 1 heterocycles. The van der Waals surface area contributed by atoms with Crippen LogP contribution in [0.3, 0.4) is 0 Å². The van der Waals surface area contributed by atoms with E-state index in [2.05, 4.69) is 4.90 Å². The first-order chi connectivity index (χ1) is 13.0. The zero-order valence-corrected chi connectivity index (χ0v) is 16.0. The molecule has 1 aliphatic rings. The van der Waals surface area contributed by atoms with E-state index in [1.165, 1.54) is 43.5 Å². The highest BCUT2D eigenvalue weighted by atomic mass is 32.2. The molecule has 2 aromatic carbocycles. The number of likely N-dealkylation sites (tertiary alicyclic amines) is 1. The third-order valence-electron chi connectivity index (χ3n) is 4.70. The fourth-order valence-electron chi connectivity index (χ4n) is 3.22. The van der Waals surface area contributed by atoms with Crippen LogP contribution in [-0.4, -0.2) is 45.5 Å². The number of carbonyl (C=O) groups excluding carboxylic acids is 1. The Kier molecular flexibility index (Phi) is 6.13. The van der Waals surface area contributed by atoms with Crippen molar-refractivity contribution >= 4 is 15.7 Å². The van der Waals surface area contributed by atoms with Crippen LogP contribution in [0.25, 0.3) is 0 Å². The summed E-state index contributed by atoms with van der Waals surface area (Å²) in [5, 5.41) is 0. The van der Waals surface area contributed by atoms with E-state index >= 15 is 0 Å². The molecular weight excluding hydrogens is 364 g/mol. The fraction of sp³-hybridized carbons (Fsp3) is 0.350. The van der Waals surface area contributed by atoms with Gasteiger partial charge in [0.2, 0.25) is 15.7 Å². The number of nitrogens with two attached hydrogens (primary N) is 1. The van der Waals surface area contributed by atoms with Gasteiger partial charge >= 0.3 is 0 Å². The van der Waals surface area contributed by atoms with Crippen LogP contribution >= 0.6 is 0 Å². The molecule has 2 aromatic rings. The van der Waals surface area contributed by atoms with E-state index in [-0.39, 0.29) is 15.4 Å². The van der Waals surface area contributed by atoms with E-state index in [0.717, 1.165) is 19.6 Å². The fourth-order valence-corrected chi connectivity index (χ4v) is 4.69. The lowest BCUT2D eigenvalue weighted by Gasteiger charge is -2.26. The molecule has 1 saturated heterocycles. The zero-order valence-electron chi connectivity index (χ0n) is 15.1. The predicted octanol–water partition coefficient (Wildman–Crippen LogP) is 2.48. The Morgan fingerprint density at radius 2 is 1.67 bits per heavy atom. The number of sulfone groups is 1. The van der Waals surface area contributed by atoms with Gasteiger partial charge in [0.1, 0.15) is 12.4 Å². The van der Waals surface area contributed by atoms with Gasteiger partial charge < -0.3 is 10.5 Å². The second kappa shape index (κ2) is 8.54. The second-order valence-corrected chi connectivity index (χ2v) is 8.50. The van der Waals surface area contributed by atoms with Crippen molar-refractivity contribution in [1.29, 1.82) is 0 Å². The van der Waals surface area contributed by atoms with Gasteiger partial charge in [-0.25, -0.2) is 8.42 Å². The number of benzene rings is 2. The smallest absolute Gasteiger partial charge is 0.250 e. The summed E-state index contributed by atoms with van der Waals surface area (Å²) in [4.78, 5) is 13.9. The number of amides is 1. The SMILES string of the molecule is NC(=O)c1ccccc1S(=O)(=O)c1ccc(OCCN2CCCCC2)cc1. The lowest BCUT2D eigenvalue weighted by Crippen LogP contribution is -2.33. The number of piperidine rings is 1. The molecule has 0 radical (unpaired) electrons. The minimum atomic E-state index is -3.83. The number of rotatable bonds is 7. The summed E-state index contributed by atoms with van der Waals surface area (Å²) in [5.41, 5.74) is 5.29. The maximum atomic E-state index is 12.8. The summed E-state index contributed by atoms with van der Waals surface area (Å²) < 4.78 is 31.4. The molecule has 0 saturated carbocycles. The van der Waals surface area contributed by atoms with Crippen LogP contribution in [0, 0.1) is 0 Å². The molecule has 1 fully saturated rings. The molecular formula is C20H24N2O4S. The van der Waals surface area contributed by atoms with Crippen molar-refractivity contribution in [1.82, 2.24) is 4.90 Å². The highest BCUT2D eigenvalue weighted by Crippen LogP contribution is 2.25. The van der Waals surface area contributed by atoms with Crippen molar-refractivity contribution in [3.05, 3.63) is 54.1 Å². The van der Waals surface area contributed by atoms with Crippen LogP contribution in [0.15, 0.2) is 58.3 Å². The summed E-state index contributed by atoms with van der Waals surface area (Å²) in [6, 6.07) is 12.2. The Morgan fingerprint density at radius 1 is 1.00 bits per heavy atom. The van der Waals surface area contributed by atoms with Gasteiger partial charge in [-0.15, -0.1) is 0 Å². The van der Waals surface area contributed by atoms with E-state index in [4.69, 9.17) is 10.5 Å². The molecule has 1 amide bonds. The standard InChI is InChI=1S/C20H24N2O4S/c21-20(23)18-6-2-3-7-19(18)27(24,25)17-10-8-16(9-11-17)26-15-14-22-12-4-1-5-13-22/h2-3,6-11H,1,4-5,12-15H2,(H2,21,23). The van der Waals surface area contributed by atoms with Crippen LogP contribution < -0.4 is 10.5 Å². The van der Waals surface area contributed by atoms with Crippen LogP contribution in [0.2, 0.25) is 0 Å². The molecule has 0 aromatic heterocycles. The lowest BCUT2D eigenvalue weighted by molar-refractivity contribution is 0.0997. The van der Waals surface area contributed by atoms with Crippen LogP contribution in [0.1, 0.15) is 29.6 Å². The molecule has 2 N–H and O–H groups in total. The summed E-state index contributed by atoms with van der Waals surface area (Å²) in [6.07, 6.45) is 3.77.